The Morgan fingerprint density at radius 2 is 2.05 bits per heavy atom. The van der Waals surface area contributed by atoms with Crippen LogP contribution in [0.1, 0.15) is 5.56 Å². The minimum Gasteiger partial charge on any atom is -0.487 e. The van der Waals surface area contributed by atoms with E-state index in [9.17, 15) is 18.9 Å². The van der Waals surface area contributed by atoms with Crippen molar-refractivity contribution in [3.05, 3.63) is 64.0 Å². The molecular formula is C12H8F2N2O3. The summed E-state index contributed by atoms with van der Waals surface area (Å²) in [5.41, 5.74) is -0.0492. The molecule has 98 valence electrons. The second kappa shape index (κ2) is 5.38. The molecule has 2 aromatic rings. The van der Waals surface area contributed by atoms with Crippen LogP contribution in [-0.2, 0) is 6.61 Å². The Bertz CT molecular complexity index is 602. The van der Waals surface area contributed by atoms with Crippen LogP contribution in [0.25, 0.3) is 0 Å². The molecule has 0 fully saturated rings. The Morgan fingerprint density at radius 1 is 1.26 bits per heavy atom. The van der Waals surface area contributed by atoms with E-state index in [4.69, 9.17) is 4.74 Å². The van der Waals surface area contributed by atoms with Gasteiger partial charge in [0, 0.05) is 6.07 Å². The summed E-state index contributed by atoms with van der Waals surface area (Å²) in [7, 11) is 0. The minimum absolute atomic E-state index is 0.0775. The SMILES string of the molecule is O=[N+]([O-])c1cc(F)cc(COc2ccc(F)nc2)c1. The summed E-state index contributed by atoms with van der Waals surface area (Å²) in [4.78, 5) is 13.3. The molecule has 5 nitrogen and oxygen atoms in total. The number of benzene rings is 1. The van der Waals surface area contributed by atoms with Crippen LogP contribution in [0, 0.1) is 21.9 Å². The first kappa shape index (κ1) is 12.9. The summed E-state index contributed by atoms with van der Waals surface area (Å²) in [5, 5.41) is 10.6. The maximum absolute atomic E-state index is 13.1. The lowest BCUT2D eigenvalue weighted by atomic mass is 10.2. The fourth-order valence-corrected chi connectivity index (χ4v) is 1.44. The number of aromatic nitrogens is 1. The number of hydrogen-bond acceptors (Lipinski definition) is 4. The van der Waals surface area contributed by atoms with Crippen LogP contribution in [0.15, 0.2) is 36.5 Å². The number of halogens is 2. The van der Waals surface area contributed by atoms with Crippen molar-refractivity contribution in [3.8, 4) is 5.75 Å². The van der Waals surface area contributed by atoms with Gasteiger partial charge in [0.25, 0.3) is 5.69 Å². The van der Waals surface area contributed by atoms with Crippen molar-refractivity contribution in [2.45, 2.75) is 6.61 Å². The molecule has 0 aliphatic rings. The van der Waals surface area contributed by atoms with Crippen LogP contribution >= 0.6 is 0 Å². The Morgan fingerprint density at radius 3 is 2.68 bits per heavy atom. The van der Waals surface area contributed by atoms with Gasteiger partial charge in [0.1, 0.15) is 18.2 Å². The number of nitro groups is 1. The predicted molar refractivity (Wildman–Crippen MR) is 61.6 cm³/mol. The summed E-state index contributed by atoms with van der Waals surface area (Å²) < 4.78 is 30.9. The van der Waals surface area contributed by atoms with Gasteiger partial charge in [0.05, 0.1) is 17.2 Å². The van der Waals surface area contributed by atoms with Gasteiger partial charge in [-0.2, -0.15) is 4.39 Å². The lowest BCUT2D eigenvalue weighted by molar-refractivity contribution is -0.385. The van der Waals surface area contributed by atoms with Crippen LogP contribution in [0.4, 0.5) is 14.5 Å². The third-order valence-corrected chi connectivity index (χ3v) is 2.26. The first-order valence-electron chi connectivity index (χ1n) is 5.23. The molecule has 0 amide bonds. The summed E-state index contributed by atoms with van der Waals surface area (Å²) in [6, 6.07) is 5.63. The summed E-state index contributed by atoms with van der Waals surface area (Å²) in [5.74, 6) is -1.08. The lowest BCUT2D eigenvalue weighted by Gasteiger charge is -2.05. The highest BCUT2D eigenvalue weighted by Gasteiger charge is 2.10. The Kier molecular flexibility index (Phi) is 3.65. The van der Waals surface area contributed by atoms with Crippen molar-refractivity contribution in [1.82, 2.24) is 4.98 Å². The number of rotatable bonds is 4. The monoisotopic (exact) mass is 266 g/mol. The van der Waals surface area contributed by atoms with Gasteiger partial charge in [-0.25, -0.2) is 9.37 Å². The van der Waals surface area contributed by atoms with Crippen LogP contribution in [0.2, 0.25) is 0 Å². The third kappa shape index (κ3) is 3.44. The summed E-state index contributed by atoms with van der Waals surface area (Å²) in [6.45, 7) is -0.0775. The summed E-state index contributed by atoms with van der Waals surface area (Å²) >= 11 is 0. The van der Waals surface area contributed by atoms with Crippen LogP contribution in [0.3, 0.4) is 0 Å². The van der Waals surface area contributed by atoms with Gasteiger partial charge in [-0.15, -0.1) is 0 Å². The normalized spacial score (nSPS) is 10.2. The molecule has 0 aliphatic heterocycles. The van der Waals surface area contributed by atoms with E-state index in [1.54, 1.807) is 0 Å². The molecule has 0 spiro atoms. The lowest BCUT2D eigenvalue weighted by Crippen LogP contribution is -1.99. The van der Waals surface area contributed by atoms with Gasteiger partial charge in [-0.1, -0.05) is 0 Å². The van der Waals surface area contributed by atoms with Crippen LogP contribution < -0.4 is 4.74 Å². The molecule has 0 saturated carbocycles. The smallest absolute Gasteiger partial charge is 0.272 e. The molecule has 0 unspecified atom stereocenters. The number of ether oxygens (including phenoxy) is 1. The van der Waals surface area contributed by atoms with E-state index in [0.717, 1.165) is 18.2 Å². The van der Waals surface area contributed by atoms with E-state index in [1.165, 1.54) is 18.3 Å². The van der Waals surface area contributed by atoms with Gasteiger partial charge in [-0.3, -0.25) is 10.1 Å². The zero-order valence-corrected chi connectivity index (χ0v) is 9.55. The maximum atomic E-state index is 13.1. The minimum atomic E-state index is -0.718. The molecule has 19 heavy (non-hydrogen) atoms. The topological polar surface area (TPSA) is 65.3 Å². The zero-order valence-electron chi connectivity index (χ0n) is 9.55. The van der Waals surface area contributed by atoms with E-state index >= 15 is 0 Å². The van der Waals surface area contributed by atoms with Crippen LogP contribution in [0.5, 0.6) is 5.75 Å². The van der Waals surface area contributed by atoms with Crippen molar-refractivity contribution in [3.63, 3.8) is 0 Å². The van der Waals surface area contributed by atoms with E-state index < -0.39 is 16.7 Å². The highest BCUT2D eigenvalue weighted by Crippen LogP contribution is 2.18. The van der Waals surface area contributed by atoms with Gasteiger partial charge in [0.15, 0.2) is 0 Å². The molecule has 1 aromatic carbocycles. The highest BCUT2D eigenvalue weighted by atomic mass is 19.1. The number of non-ortho nitro benzene ring substituents is 1. The van der Waals surface area contributed by atoms with Crippen molar-refractivity contribution in [1.29, 1.82) is 0 Å². The Balaban J connectivity index is 2.11. The van der Waals surface area contributed by atoms with Crippen molar-refractivity contribution in [2.24, 2.45) is 0 Å². The fourth-order valence-electron chi connectivity index (χ4n) is 1.44. The maximum Gasteiger partial charge on any atom is 0.272 e. The van der Waals surface area contributed by atoms with Crippen molar-refractivity contribution in [2.75, 3.05) is 0 Å². The molecule has 0 aliphatic carbocycles. The first-order chi connectivity index (χ1) is 9.04. The number of nitro benzene ring substituents is 1. The molecule has 0 bridgehead atoms. The van der Waals surface area contributed by atoms with Gasteiger partial charge >= 0.3 is 0 Å². The highest BCUT2D eigenvalue weighted by molar-refractivity contribution is 5.35. The molecule has 1 aromatic heterocycles. The fraction of sp³-hybridized carbons (Fsp3) is 0.0833. The average Bonchev–Trinajstić information content (AvgIpc) is 2.37. The first-order valence-corrected chi connectivity index (χ1v) is 5.23. The number of nitrogens with zero attached hydrogens (tertiary/aromatic N) is 2. The molecule has 2 rings (SSSR count). The van der Waals surface area contributed by atoms with Crippen molar-refractivity contribution >= 4 is 5.69 Å². The Labute approximate surface area is 106 Å². The third-order valence-electron chi connectivity index (χ3n) is 2.26. The van der Waals surface area contributed by atoms with Crippen LogP contribution in [-0.4, -0.2) is 9.91 Å². The average molecular weight is 266 g/mol. The zero-order chi connectivity index (χ0) is 13.8. The molecule has 7 heteroatoms. The van der Waals surface area contributed by atoms with Gasteiger partial charge in [-0.05, 0) is 23.8 Å². The quantitative estimate of drug-likeness (QED) is 0.485. The van der Waals surface area contributed by atoms with E-state index in [2.05, 4.69) is 4.98 Å². The standard InChI is InChI=1S/C12H8F2N2O3/c13-9-3-8(4-10(5-9)16(17)18)7-19-11-1-2-12(14)15-6-11/h1-6H,7H2. The molecule has 0 N–H and O–H groups in total. The largest absolute Gasteiger partial charge is 0.487 e. The van der Waals surface area contributed by atoms with Gasteiger partial charge < -0.3 is 4.74 Å². The van der Waals surface area contributed by atoms with E-state index in [-0.39, 0.29) is 18.0 Å². The molecular weight excluding hydrogens is 258 g/mol. The molecule has 1 heterocycles. The Hall–Kier alpha value is -2.57. The molecule has 0 saturated heterocycles. The number of hydrogen-bond donors (Lipinski definition) is 0. The summed E-state index contributed by atoms with van der Waals surface area (Å²) in [6.07, 6.45) is 1.17. The second-order valence-electron chi connectivity index (χ2n) is 3.68. The van der Waals surface area contributed by atoms with Gasteiger partial charge in [0.2, 0.25) is 5.95 Å². The second-order valence-corrected chi connectivity index (χ2v) is 3.68. The van der Waals surface area contributed by atoms with E-state index in [1.807, 2.05) is 0 Å². The predicted octanol–water partition coefficient (Wildman–Crippen LogP) is 2.85. The number of pyridine rings is 1. The molecule has 0 atom stereocenters. The van der Waals surface area contributed by atoms with Crippen molar-refractivity contribution < 1.29 is 18.4 Å². The molecule has 0 radical (unpaired) electrons. The van der Waals surface area contributed by atoms with E-state index in [0.29, 0.717) is 5.56 Å².